The van der Waals surface area contributed by atoms with Gasteiger partial charge in [0.1, 0.15) is 11.6 Å². The molecule has 0 saturated heterocycles. The van der Waals surface area contributed by atoms with Gasteiger partial charge in [-0.2, -0.15) is 0 Å². The van der Waals surface area contributed by atoms with Gasteiger partial charge in [0.15, 0.2) is 0 Å². The Morgan fingerprint density at radius 2 is 2.04 bits per heavy atom. The molecule has 4 rings (SSSR count). The van der Waals surface area contributed by atoms with Gasteiger partial charge in [0.2, 0.25) is 5.91 Å². The van der Waals surface area contributed by atoms with Gasteiger partial charge in [-0.15, -0.1) is 0 Å². The maximum atomic E-state index is 12.0. The number of carbonyl (C=O) groups excluding carboxylic acids is 1. The Morgan fingerprint density at radius 3 is 2.79 bits per heavy atom. The molecule has 2 aromatic carbocycles. The maximum absolute atomic E-state index is 12.0. The number of hydrogen-bond donors (Lipinski definition) is 1. The molecule has 7 heteroatoms. The molecule has 0 aliphatic carbocycles. The maximum Gasteiger partial charge on any atom is 0.227 e. The van der Waals surface area contributed by atoms with Crippen LogP contribution in [0.2, 0.25) is 5.02 Å². The van der Waals surface area contributed by atoms with Gasteiger partial charge < -0.3 is 19.5 Å². The van der Waals surface area contributed by atoms with Crippen LogP contribution in [0.4, 0.5) is 11.4 Å². The molecular formula is C21H23ClN4O2. The highest BCUT2D eigenvalue weighted by Crippen LogP contribution is 2.32. The van der Waals surface area contributed by atoms with Crippen molar-refractivity contribution in [3.8, 4) is 5.75 Å². The van der Waals surface area contributed by atoms with E-state index in [9.17, 15) is 4.79 Å². The second-order valence-corrected chi connectivity index (χ2v) is 7.70. The normalized spacial score (nSPS) is 13.7. The number of nitrogens with zero attached hydrogens (tertiary/aromatic N) is 3. The zero-order valence-electron chi connectivity index (χ0n) is 16.2. The number of hydrogen-bond acceptors (Lipinski definition) is 4. The fourth-order valence-corrected chi connectivity index (χ4v) is 3.64. The number of nitrogens with one attached hydrogen (secondary N) is 1. The molecule has 2 heterocycles. The lowest BCUT2D eigenvalue weighted by Gasteiger charge is -2.30. The van der Waals surface area contributed by atoms with Crippen LogP contribution in [0.1, 0.15) is 19.7 Å². The quantitative estimate of drug-likeness (QED) is 0.711. The third-order valence-corrected chi connectivity index (χ3v) is 5.28. The van der Waals surface area contributed by atoms with Gasteiger partial charge in [-0.05, 0) is 30.3 Å². The number of amides is 1. The summed E-state index contributed by atoms with van der Waals surface area (Å²) in [6.45, 7) is 6.14. The van der Waals surface area contributed by atoms with Crippen LogP contribution in [-0.2, 0) is 17.9 Å². The van der Waals surface area contributed by atoms with E-state index in [1.807, 2.05) is 50.2 Å². The molecule has 1 aliphatic rings. The zero-order chi connectivity index (χ0) is 19.8. The van der Waals surface area contributed by atoms with Crippen LogP contribution < -0.4 is 15.0 Å². The van der Waals surface area contributed by atoms with Crippen molar-refractivity contribution in [3.05, 3.63) is 47.2 Å². The highest BCUT2D eigenvalue weighted by atomic mass is 35.5. The standard InChI is InChI=1S/C21H23ClN4O2/c1-13(2)21(27)24-16-6-5-15(11-19(16)28-3)25-8-9-26-18-7-4-14(22)10-17(18)23-20(26)12-25/h4-7,10-11,13H,8-9,12H2,1-3H3,(H,24,27). The number of imidazole rings is 1. The number of ether oxygens (including phenoxy) is 1. The molecule has 0 saturated carbocycles. The Bertz CT molecular complexity index is 1040. The van der Waals surface area contributed by atoms with E-state index in [2.05, 4.69) is 14.8 Å². The predicted octanol–water partition coefficient (Wildman–Crippen LogP) is 4.31. The first kappa shape index (κ1) is 18.6. The molecule has 1 N–H and O–H groups in total. The fourth-order valence-electron chi connectivity index (χ4n) is 3.47. The first-order valence-corrected chi connectivity index (χ1v) is 9.72. The van der Waals surface area contributed by atoms with Crippen molar-refractivity contribution in [1.82, 2.24) is 9.55 Å². The van der Waals surface area contributed by atoms with Crippen molar-refractivity contribution in [1.29, 1.82) is 0 Å². The van der Waals surface area contributed by atoms with Crippen molar-refractivity contribution in [3.63, 3.8) is 0 Å². The minimum atomic E-state index is -0.0898. The zero-order valence-corrected chi connectivity index (χ0v) is 17.0. The third kappa shape index (κ3) is 3.40. The molecule has 146 valence electrons. The molecule has 0 atom stereocenters. The van der Waals surface area contributed by atoms with Crippen LogP contribution in [0.3, 0.4) is 0 Å². The molecule has 0 fully saturated rings. The van der Waals surface area contributed by atoms with E-state index in [0.717, 1.165) is 35.6 Å². The summed E-state index contributed by atoms with van der Waals surface area (Å²) in [6.07, 6.45) is 0. The predicted molar refractivity (Wildman–Crippen MR) is 112 cm³/mol. The molecule has 0 radical (unpaired) electrons. The summed E-state index contributed by atoms with van der Waals surface area (Å²) in [7, 11) is 1.61. The van der Waals surface area contributed by atoms with Gasteiger partial charge in [0.25, 0.3) is 0 Å². The third-order valence-electron chi connectivity index (χ3n) is 5.05. The first-order chi connectivity index (χ1) is 13.5. The Balaban J connectivity index is 1.60. The van der Waals surface area contributed by atoms with Gasteiger partial charge in [0, 0.05) is 35.8 Å². The lowest BCUT2D eigenvalue weighted by molar-refractivity contribution is -0.118. The number of carbonyl (C=O) groups is 1. The van der Waals surface area contributed by atoms with Gasteiger partial charge >= 0.3 is 0 Å². The summed E-state index contributed by atoms with van der Waals surface area (Å²) in [5.74, 6) is 1.54. The number of fused-ring (bicyclic) bond motifs is 3. The Hall–Kier alpha value is -2.73. The summed E-state index contributed by atoms with van der Waals surface area (Å²) >= 11 is 6.11. The Labute approximate surface area is 169 Å². The number of aromatic nitrogens is 2. The topological polar surface area (TPSA) is 59.4 Å². The average Bonchev–Trinajstić information content (AvgIpc) is 3.04. The monoisotopic (exact) mass is 398 g/mol. The largest absolute Gasteiger partial charge is 0.494 e. The minimum Gasteiger partial charge on any atom is -0.494 e. The van der Waals surface area contributed by atoms with Crippen LogP contribution in [0, 0.1) is 5.92 Å². The SMILES string of the molecule is COc1cc(N2CCn3c(nc4cc(Cl)ccc43)C2)ccc1NC(=O)C(C)C. The molecule has 1 amide bonds. The van der Waals surface area contributed by atoms with Crippen molar-refractivity contribution in [2.24, 2.45) is 5.92 Å². The van der Waals surface area contributed by atoms with Gasteiger partial charge in [-0.1, -0.05) is 25.4 Å². The first-order valence-electron chi connectivity index (χ1n) is 9.35. The molecule has 0 bridgehead atoms. The average molecular weight is 399 g/mol. The van der Waals surface area contributed by atoms with Crippen LogP contribution in [-0.4, -0.2) is 29.1 Å². The van der Waals surface area contributed by atoms with E-state index >= 15 is 0 Å². The van der Waals surface area contributed by atoms with E-state index in [0.29, 0.717) is 23.0 Å². The molecule has 3 aromatic rings. The number of rotatable bonds is 4. The van der Waals surface area contributed by atoms with Crippen LogP contribution in [0.25, 0.3) is 11.0 Å². The van der Waals surface area contributed by atoms with E-state index in [1.165, 1.54) is 0 Å². The van der Waals surface area contributed by atoms with Gasteiger partial charge in [0.05, 0.1) is 30.4 Å². The summed E-state index contributed by atoms with van der Waals surface area (Å²) in [5.41, 5.74) is 3.76. The Kier molecular flexibility index (Phi) is 4.89. The number of halogens is 1. The number of benzene rings is 2. The molecule has 1 aromatic heterocycles. The molecule has 0 spiro atoms. The fraction of sp³-hybridized carbons (Fsp3) is 0.333. The summed E-state index contributed by atoms with van der Waals surface area (Å²) in [5, 5.41) is 3.62. The highest BCUT2D eigenvalue weighted by molar-refractivity contribution is 6.31. The van der Waals surface area contributed by atoms with Gasteiger partial charge in [-0.25, -0.2) is 4.98 Å². The van der Waals surface area contributed by atoms with Crippen molar-refractivity contribution >= 4 is 39.9 Å². The number of anilines is 2. The van der Waals surface area contributed by atoms with Crippen molar-refractivity contribution in [2.75, 3.05) is 23.9 Å². The van der Waals surface area contributed by atoms with Gasteiger partial charge in [-0.3, -0.25) is 4.79 Å². The molecule has 28 heavy (non-hydrogen) atoms. The van der Waals surface area contributed by atoms with Crippen LogP contribution >= 0.6 is 11.6 Å². The lowest BCUT2D eigenvalue weighted by atomic mass is 10.2. The highest BCUT2D eigenvalue weighted by Gasteiger charge is 2.21. The molecule has 6 nitrogen and oxygen atoms in total. The number of methoxy groups -OCH3 is 1. The molecule has 0 unspecified atom stereocenters. The van der Waals surface area contributed by atoms with E-state index in [1.54, 1.807) is 7.11 Å². The van der Waals surface area contributed by atoms with Crippen molar-refractivity contribution < 1.29 is 9.53 Å². The second kappa shape index (κ2) is 7.36. The molecular weight excluding hydrogens is 376 g/mol. The minimum absolute atomic E-state index is 0.0311. The second-order valence-electron chi connectivity index (χ2n) is 7.26. The molecule has 1 aliphatic heterocycles. The lowest BCUT2D eigenvalue weighted by Crippen LogP contribution is -2.33. The smallest absolute Gasteiger partial charge is 0.227 e. The summed E-state index contributed by atoms with van der Waals surface area (Å²) in [4.78, 5) is 19.0. The summed E-state index contributed by atoms with van der Waals surface area (Å²) in [6, 6.07) is 11.7. The van der Waals surface area contributed by atoms with E-state index in [-0.39, 0.29) is 11.8 Å². The van der Waals surface area contributed by atoms with E-state index in [4.69, 9.17) is 21.3 Å². The van der Waals surface area contributed by atoms with Crippen LogP contribution in [0.5, 0.6) is 5.75 Å². The van der Waals surface area contributed by atoms with E-state index < -0.39 is 0 Å². The summed E-state index contributed by atoms with van der Waals surface area (Å²) < 4.78 is 7.76. The van der Waals surface area contributed by atoms with Crippen molar-refractivity contribution in [2.45, 2.75) is 26.9 Å². The van der Waals surface area contributed by atoms with Crippen LogP contribution in [0.15, 0.2) is 36.4 Å². The Morgan fingerprint density at radius 1 is 1.21 bits per heavy atom.